The van der Waals surface area contributed by atoms with E-state index in [0.717, 1.165) is 0 Å². The van der Waals surface area contributed by atoms with E-state index in [4.69, 9.17) is 0 Å². The van der Waals surface area contributed by atoms with Crippen LogP contribution in [0.3, 0.4) is 0 Å². The molecule has 0 unspecified atom stereocenters. The summed E-state index contributed by atoms with van der Waals surface area (Å²) in [6.45, 7) is 0. The van der Waals surface area contributed by atoms with E-state index in [1.54, 1.807) is 3.57 Å². The monoisotopic (exact) mass is 957 g/mol. The number of hydrogen-bond donors (Lipinski definition) is 0. The number of aromatic nitrogens is 2. The number of nitrogens with zero attached hydrogens (tertiary/aromatic N) is 2. The average Bonchev–Trinajstić information content (AvgIpc) is 3.89. The van der Waals surface area contributed by atoms with Crippen LogP contribution in [0.4, 0.5) is 0 Å². The van der Waals surface area contributed by atoms with Gasteiger partial charge in [-0.3, -0.25) is 0 Å². The van der Waals surface area contributed by atoms with E-state index in [9.17, 15) is 0 Å². The summed E-state index contributed by atoms with van der Waals surface area (Å²) in [5, 5.41) is 10.6. The molecule has 0 atom stereocenters. The average molecular weight is 958 g/mol. The molecule has 13 rings (SSSR count). The zero-order chi connectivity index (χ0) is 42.9. The summed E-state index contributed by atoms with van der Waals surface area (Å²) in [7, 11) is -2.89. The molecule has 308 valence electrons. The molecule has 0 saturated heterocycles. The molecular formula is C61H42IN2Si-. The van der Waals surface area contributed by atoms with Gasteiger partial charge in [-0.05, 0) is 41.5 Å². The van der Waals surface area contributed by atoms with Crippen LogP contribution in [-0.2, 0) is 4.43 Å². The molecule has 2 nitrogen and oxygen atoms in total. The first-order valence-electron chi connectivity index (χ1n) is 22.4. The standard InChI is InChI=1S/C61H42IN2Si/c1-4-19-45(20-5-1)63-58-29-14-12-27-52(58)55-38-43(31-36-60(55)63)42-18-16-25-50(37-42)65(47-21-6-2-7-22-47,48-23-8-3-9-24-48)49-34-32-46(33-35-49)64-59-30-15-13-28-53(59)56-39-57-54(40-61(56)64)51-26-11-10-17-44(51)41-62-57/h1-40H,41H2/q-1. The van der Waals surface area contributed by atoms with Crippen LogP contribution in [0.2, 0.25) is 0 Å². The fourth-order valence-electron chi connectivity index (χ4n) is 10.8. The topological polar surface area (TPSA) is 9.86 Å². The van der Waals surface area contributed by atoms with Crippen molar-refractivity contribution in [2.75, 3.05) is 0 Å². The van der Waals surface area contributed by atoms with Crippen LogP contribution >= 0.6 is 0 Å². The first-order valence-corrected chi connectivity index (χ1v) is 27.0. The Morgan fingerprint density at radius 2 is 0.846 bits per heavy atom. The molecule has 0 radical (unpaired) electrons. The summed E-state index contributed by atoms with van der Waals surface area (Å²) in [5.41, 5.74) is 14.0. The van der Waals surface area contributed by atoms with Gasteiger partial charge in [0, 0.05) is 16.5 Å². The van der Waals surface area contributed by atoms with E-state index in [1.807, 2.05) is 0 Å². The smallest absolute Gasteiger partial charge is 0.0602 e. The van der Waals surface area contributed by atoms with Gasteiger partial charge in [0.15, 0.2) is 0 Å². The van der Waals surface area contributed by atoms with E-state index < -0.39 is 8.07 Å². The van der Waals surface area contributed by atoms with Gasteiger partial charge in [-0.2, -0.15) is 0 Å². The summed E-state index contributed by atoms with van der Waals surface area (Å²) in [6, 6.07) is 91.3. The van der Waals surface area contributed by atoms with Crippen molar-refractivity contribution in [3.05, 3.63) is 252 Å². The van der Waals surface area contributed by atoms with Crippen molar-refractivity contribution in [3.8, 4) is 33.6 Å². The Bertz CT molecular complexity index is 3720. The van der Waals surface area contributed by atoms with Crippen LogP contribution in [0.5, 0.6) is 0 Å². The quantitative estimate of drug-likeness (QED) is 0.0653. The third kappa shape index (κ3) is 6.04. The van der Waals surface area contributed by atoms with Gasteiger partial charge >= 0.3 is 228 Å². The molecule has 0 aliphatic carbocycles. The number of fused-ring (bicyclic) bond motifs is 9. The van der Waals surface area contributed by atoms with E-state index >= 15 is 0 Å². The fourth-order valence-corrected chi connectivity index (χ4v) is 18.4. The predicted octanol–water partition coefficient (Wildman–Crippen LogP) is 9.36. The zero-order valence-electron chi connectivity index (χ0n) is 35.6. The van der Waals surface area contributed by atoms with Gasteiger partial charge in [-0.1, -0.05) is 91.0 Å². The van der Waals surface area contributed by atoms with Gasteiger partial charge in [0.2, 0.25) is 0 Å². The normalized spacial score (nSPS) is 12.6. The van der Waals surface area contributed by atoms with Gasteiger partial charge < -0.3 is 4.57 Å². The second-order valence-electron chi connectivity index (χ2n) is 17.2. The van der Waals surface area contributed by atoms with Crippen molar-refractivity contribution >= 4 is 72.4 Å². The number of rotatable bonds is 7. The molecule has 4 heteroatoms. The molecular weight excluding hydrogens is 916 g/mol. The summed E-state index contributed by atoms with van der Waals surface area (Å²) in [5.74, 6) is 0. The summed E-state index contributed by atoms with van der Waals surface area (Å²) in [6.07, 6.45) is 0. The Balaban J connectivity index is 0.997. The number of alkyl halides is 1. The molecule has 1 aliphatic heterocycles. The van der Waals surface area contributed by atoms with Gasteiger partial charge in [-0.15, -0.1) is 0 Å². The van der Waals surface area contributed by atoms with Gasteiger partial charge in [0.25, 0.3) is 0 Å². The summed E-state index contributed by atoms with van der Waals surface area (Å²) < 4.78 is 7.64. The molecule has 10 aromatic carbocycles. The Morgan fingerprint density at radius 1 is 0.323 bits per heavy atom. The fraction of sp³-hybridized carbons (Fsp3) is 0.0164. The number of para-hydroxylation sites is 3. The molecule has 0 bridgehead atoms. The molecule has 0 saturated carbocycles. The molecule has 12 aromatic rings. The van der Waals surface area contributed by atoms with E-state index in [1.165, 1.54) is 108 Å². The second kappa shape index (κ2) is 15.5. The van der Waals surface area contributed by atoms with Crippen molar-refractivity contribution in [2.24, 2.45) is 0 Å². The van der Waals surface area contributed by atoms with Crippen molar-refractivity contribution in [2.45, 2.75) is 4.43 Å². The Hall–Kier alpha value is -7.25. The first kappa shape index (κ1) is 38.2. The van der Waals surface area contributed by atoms with Crippen molar-refractivity contribution < 1.29 is 21.2 Å². The molecule has 0 fully saturated rings. The van der Waals surface area contributed by atoms with E-state index in [2.05, 4.69) is 252 Å². The Morgan fingerprint density at radius 3 is 1.55 bits per heavy atom. The van der Waals surface area contributed by atoms with Gasteiger partial charge in [-0.25, -0.2) is 0 Å². The third-order valence-electron chi connectivity index (χ3n) is 13.7. The van der Waals surface area contributed by atoms with Crippen molar-refractivity contribution in [1.29, 1.82) is 0 Å². The number of hydrogen-bond acceptors (Lipinski definition) is 0. The summed E-state index contributed by atoms with van der Waals surface area (Å²) >= 11 is -0.104. The molecule has 0 amide bonds. The van der Waals surface area contributed by atoms with Gasteiger partial charge in [0.05, 0.1) is 11.0 Å². The summed E-state index contributed by atoms with van der Waals surface area (Å²) in [4.78, 5) is 0. The van der Waals surface area contributed by atoms with Crippen molar-refractivity contribution in [3.63, 3.8) is 0 Å². The van der Waals surface area contributed by atoms with E-state index in [-0.39, 0.29) is 21.2 Å². The minimum absolute atomic E-state index is 0.104. The minimum atomic E-state index is -2.89. The Kier molecular flexibility index (Phi) is 9.10. The van der Waals surface area contributed by atoms with Gasteiger partial charge in [0.1, 0.15) is 0 Å². The van der Waals surface area contributed by atoms with Crippen molar-refractivity contribution in [1.82, 2.24) is 9.13 Å². The van der Waals surface area contributed by atoms with Crippen LogP contribution in [0, 0.1) is 3.57 Å². The maximum absolute atomic E-state index is 2.89. The van der Waals surface area contributed by atoms with E-state index in [0.29, 0.717) is 0 Å². The second-order valence-corrected chi connectivity index (χ2v) is 23.7. The first-order chi connectivity index (χ1) is 32.2. The molecule has 2 aromatic heterocycles. The molecule has 65 heavy (non-hydrogen) atoms. The van der Waals surface area contributed by atoms with Crippen LogP contribution in [-0.4, -0.2) is 17.2 Å². The SMILES string of the molecule is c1ccc(-n2c3ccccc3c3cc(-c4cccc([Si](c5ccccc5)(c5ccccc5)c5ccc(-n6c7ccccc7c7cc8c(cc76)-c6ccccc6C[I-]8)cc5)c4)ccc32)cc1. The zero-order valence-corrected chi connectivity index (χ0v) is 38.7. The van der Waals surface area contributed by atoms with Crippen LogP contribution in [0.25, 0.3) is 77.2 Å². The Labute approximate surface area is 390 Å². The predicted molar refractivity (Wildman–Crippen MR) is 272 cm³/mol. The van der Waals surface area contributed by atoms with Crippen LogP contribution in [0.15, 0.2) is 243 Å². The van der Waals surface area contributed by atoms with Crippen LogP contribution < -0.4 is 42.0 Å². The third-order valence-corrected chi connectivity index (χ3v) is 21.4. The maximum atomic E-state index is 2.52. The molecule has 0 N–H and O–H groups in total. The molecule has 3 heterocycles. The molecule has 1 aliphatic rings. The van der Waals surface area contributed by atoms with Crippen LogP contribution in [0.1, 0.15) is 5.56 Å². The minimum Gasteiger partial charge on any atom is -0.0602 e. The number of benzene rings is 10. The number of halogens is 1. The molecule has 0 spiro atoms.